The largest absolute Gasteiger partial charge is 0.272 e. The molecule has 2 aromatic rings. The molecule has 1 heterocycles. The molecule has 0 fully saturated rings. The number of hydrazone groups is 1. The fourth-order valence-electron chi connectivity index (χ4n) is 1.36. The van der Waals surface area contributed by atoms with Crippen molar-refractivity contribution in [1.82, 2.24) is 5.43 Å². The van der Waals surface area contributed by atoms with Crippen molar-refractivity contribution in [2.45, 2.75) is 15.5 Å². The normalized spacial score (nSPS) is 10.5. The number of amides is 1. The number of thiophene rings is 1. The van der Waals surface area contributed by atoms with Crippen LogP contribution in [0.3, 0.4) is 0 Å². The van der Waals surface area contributed by atoms with Crippen molar-refractivity contribution in [3.05, 3.63) is 46.3 Å². The minimum Gasteiger partial charge on any atom is -0.272 e. The molecule has 0 aliphatic carbocycles. The number of nitrogens with one attached hydrogen (secondary N) is 1. The first kappa shape index (κ1) is 15.6. The van der Waals surface area contributed by atoms with Crippen LogP contribution in [0.4, 0.5) is 0 Å². The summed E-state index contributed by atoms with van der Waals surface area (Å²) in [6.07, 6.45) is 1.37. The van der Waals surface area contributed by atoms with Gasteiger partial charge in [-0.2, -0.15) is 10.4 Å². The van der Waals surface area contributed by atoms with Crippen LogP contribution in [0.2, 0.25) is 5.02 Å². The van der Waals surface area contributed by atoms with Crippen LogP contribution in [-0.2, 0) is 4.79 Å². The molecule has 7 heteroatoms. The van der Waals surface area contributed by atoms with E-state index in [4.69, 9.17) is 16.9 Å². The van der Waals surface area contributed by atoms with Crippen molar-refractivity contribution in [3.63, 3.8) is 0 Å². The number of benzene rings is 1. The van der Waals surface area contributed by atoms with E-state index in [1.165, 1.54) is 0 Å². The molecule has 1 aromatic carbocycles. The van der Waals surface area contributed by atoms with Gasteiger partial charge >= 0.3 is 0 Å². The van der Waals surface area contributed by atoms with E-state index < -0.39 is 5.91 Å². The molecular formula is C14H10ClN3OS2. The summed E-state index contributed by atoms with van der Waals surface area (Å²) in [7, 11) is 0. The first-order valence-electron chi connectivity index (χ1n) is 5.89. The highest BCUT2D eigenvalue weighted by Gasteiger charge is 2.02. The van der Waals surface area contributed by atoms with E-state index in [0.29, 0.717) is 5.02 Å². The summed E-state index contributed by atoms with van der Waals surface area (Å²) in [6, 6.07) is 13.3. The number of carbonyl (C=O) groups is 1. The van der Waals surface area contributed by atoms with Crippen LogP contribution < -0.4 is 5.43 Å². The summed E-state index contributed by atoms with van der Waals surface area (Å²) in [6.45, 7) is 0. The minimum atomic E-state index is -0.416. The Morgan fingerprint density at radius 3 is 2.86 bits per heavy atom. The molecule has 1 aromatic heterocycles. The molecule has 2 rings (SSSR count). The predicted molar refractivity (Wildman–Crippen MR) is 85.9 cm³/mol. The summed E-state index contributed by atoms with van der Waals surface area (Å²) in [5, 5.41) is 12.9. The highest BCUT2D eigenvalue weighted by molar-refractivity contribution is 8.01. The Hall–Kier alpha value is -1.81. The third kappa shape index (κ3) is 5.23. The molecular weight excluding hydrogens is 326 g/mol. The Balaban J connectivity index is 1.92. The number of nitriles is 1. The summed E-state index contributed by atoms with van der Waals surface area (Å²) in [5.74, 6) is -0.416. The van der Waals surface area contributed by atoms with Crippen LogP contribution in [0.25, 0.3) is 0 Å². The second-order valence-corrected chi connectivity index (χ2v) is 6.77. The van der Waals surface area contributed by atoms with E-state index in [2.05, 4.69) is 10.5 Å². The van der Waals surface area contributed by atoms with Crippen molar-refractivity contribution >= 4 is 46.8 Å². The summed E-state index contributed by atoms with van der Waals surface area (Å²) in [5.41, 5.74) is 2.29. The highest BCUT2D eigenvalue weighted by Crippen LogP contribution is 2.33. The lowest BCUT2D eigenvalue weighted by molar-refractivity contribution is -0.120. The average Bonchev–Trinajstić information content (AvgIpc) is 2.89. The van der Waals surface area contributed by atoms with Gasteiger partial charge in [-0.05, 0) is 36.4 Å². The summed E-state index contributed by atoms with van der Waals surface area (Å²) < 4.78 is 1.11. The molecule has 4 nitrogen and oxygen atoms in total. The Bertz CT molecular complexity index is 689. The van der Waals surface area contributed by atoms with Gasteiger partial charge in [0.1, 0.15) is 6.42 Å². The van der Waals surface area contributed by atoms with Gasteiger partial charge in [-0.15, -0.1) is 11.3 Å². The van der Waals surface area contributed by atoms with Crippen LogP contribution >= 0.6 is 34.7 Å². The molecule has 0 saturated carbocycles. The van der Waals surface area contributed by atoms with E-state index in [1.54, 1.807) is 35.4 Å². The van der Waals surface area contributed by atoms with E-state index in [1.807, 2.05) is 36.4 Å². The van der Waals surface area contributed by atoms with E-state index in [-0.39, 0.29) is 6.42 Å². The van der Waals surface area contributed by atoms with Gasteiger partial charge < -0.3 is 0 Å². The van der Waals surface area contributed by atoms with Crippen LogP contribution in [0.5, 0.6) is 0 Å². The summed E-state index contributed by atoms with van der Waals surface area (Å²) in [4.78, 5) is 13.1. The second kappa shape index (κ2) is 7.84. The molecule has 21 heavy (non-hydrogen) atoms. The minimum absolute atomic E-state index is 0.195. The van der Waals surface area contributed by atoms with Crippen molar-refractivity contribution in [1.29, 1.82) is 5.26 Å². The number of hydrogen-bond acceptors (Lipinski definition) is 5. The van der Waals surface area contributed by atoms with E-state index in [9.17, 15) is 4.79 Å². The number of carbonyl (C=O) groups excluding carboxylic acids is 1. The second-order valence-electron chi connectivity index (χ2n) is 3.84. The van der Waals surface area contributed by atoms with Crippen molar-refractivity contribution in [2.75, 3.05) is 0 Å². The Kier molecular flexibility index (Phi) is 5.81. The Morgan fingerprint density at radius 2 is 2.14 bits per heavy atom. The fraction of sp³-hybridized carbons (Fsp3) is 0.0714. The van der Waals surface area contributed by atoms with E-state index >= 15 is 0 Å². The standard InChI is InChI=1S/C14H10ClN3OS2/c15-10-1-3-11(4-2-10)20-14-6-5-12(21-14)9-17-18-13(19)7-8-16/h1-6,9H,7H2,(H,18,19). The molecule has 1 N–H and O–H groups in total. The smallest absolute Gasteiger partial charge is 0.254 e. The van der Waals surface area contributed by atoms with Crippen LogP contribution in [0, 0.1) is 11.3 Å². The zero-order chi connectivity index (χ0) is 15.1. The SMILES string of the molecule is N#CCC(=O)NN=Cc1ccc(Sc2ccc(Cl)cc2)s1. The maximum absolute atomic E-state index is 11.0. The lowest BCUT2D eigenvalue weighted by Crippen LogP contribution is -2.15. The van der Waals surface area contributed by atoms with E-state index in [0.717, 1.165) is 14.0 Å². The monoisotopic (exact) mass is 335 g/mol. The summed E-state index contributed by atoms with van der Waals surface area (Å²) >= 11 is 9.04. The van der Waals surface area contributed by atoms with Gasteiger partial charge in [-0.25, -0.2) is 5.43 Å². The molecule has 0 atom stereocenters. The maximum atomic E-state index is 11.0. The molecule has 0 spiro atoms. The van der Waals surface area contributed by atoms with Gasteiger partial charge in [0.2, 0.25) is 0 Å². The number of hydrogen-bond donors (Lipinski definition) is 1. The fourth-order valence-corrected chi connectivity index (χ4v) is 3.48. The van der Waals surface area contributed by atoms with Crippen molar-refractivity contribution in [2.24, 2.45) is 5.10 Å². The first-order valence-corrected chi connectivity index (χ1v) is 7.90. The number of halogens is 1. The van der Waals surface area contributed by atoms with Crippen molar-refractivity contribution < 1.29 is 4.79 Å². The third-order valence-corrected chi connectivity index (χ3v) is 4.67. The highest BCUT2D eigenvalue weighted by atomic mass is 35.5. The number of nitrogens with zero attached hydrogens (tertiary/aromatic N) is 2. The van der Waals surface area contributed by atoms with Crippen LogP contribution in [0.1, 0.15) is 11.3 Å². The maximum Gasteiger partial charge on any atom is 0.254 e. The quantitative estimate of drug-likeness (QED) is 0.665. The van der Waals surface area contributed by atoms with Gasteiger partial charge in [-0.1, -0.05) is 23.4 Å². The molecule has 0 aliphatic heterocycles. The average molecular weight is 336 g/mol. The molecule has 0 bridgehead atoms. The number of rotatable bonds is 5. The zero-order valence-corrected chi connectivity index (χ0v) is 13.1. The molecule has 0 radical (unpaired) electrons. The first-order chi connectivity index (χ1) is 10.2. The van der Waals surface area contributed by atoms with Gasteiger partial charge in [0, 0.05) is 14.8 Å². The zero-order valence-electron chi connectivity index (χ0n) is 10.7. The molecule has 0 unspecified atom stereocenters. The third-order valence-electron chi connectivity index (χ3n) is 2.25. The lowest BCUT2D eigenvalue weighted by Gasteiger charge is -1.97. The van der Waals surface area contributed by atoms with Crippen LogP contribution in [0.15, 0.2) is 50.6 Å². The molecule has 1 amide bonds. The topological polar surface area (TPSA) is 65.2 Å². The lowest BCUT2D eigenvalue weighted by atomic mass is 10.4. The van der Waals surface area contributed by atoms with Crippen molar-refractivity contribution in [3.8, 4) is 6.07 Å². The van der Waals surface area contributed by atoms with Gasteiger partial charge in [0.25, 0.3) is 5.91 Å². The van der Waals surface area contributed by atoms with Crippen LogP contribution in [-0.4, -0.2) is 12.1 Å². The predicted octanol–water partition coefficient (Wildman–Crippen LogP) is 3.92. The van der Waals surface area contributed by atoms with Gasteiger partial charge in [-0.3, -0.25) is 4.79 Å². The molecule has 0 aliphatic rings. The molecule has 0 saturated heterocycles. The molecule has 106 valence electrons. The van der Waals surface area contributed by atoms with Gasteiger partial charge in [0.05, 0.1) is 16.5 Å². The Morgan fingerprint density at radius 1 is 1.38 bits per heavy atom. The van der Waals surface area contributed by atoms with Gasteiger partial charge in [0.15, 0.2) is 0 Å². The Labute approximate surface area is 135 Å².